The van der Waals surface area contributed by atoms with Crippen LogP contribution in [0.15, 0.2) is 57.7 Å². The Morgan fingerprint density at radius 1 is 0.897 bits per heavy atom. The molecule has 7 heteroatoms. The molecule has 2 aromatic carbocycles. The van der Waals surface area contributed by atoms with Crippen molar-refractivity contribution in [2.24, 2.45) is 0 Å². The second-order valence-corrected chi connectivity index (χ2v) is 8.57. The number of aryl methyl sites for hydroxylation is 1. The average Bonchev–Trinajstić information content (AvgIpc) is 3.36. The van der Waals surface area contributed by atoms with E-state index < -0.39 is 0 Å². The molecule has 144 valence electrons. The van der Waals surface area contributed by atoms with Crippen molar-refractivity contribution >= 4 is 76.6 Å². The molecule has 3 heterocycles. The number of para-hydroxylation sites is 2. The molecule has 2 N–H and O–H groups in total. The van der Waals surface area contributed by atoms with Crippen LogP contribution in [0, 0.1) is 0 Å². The highest BCUT2D eigenvalue weighted by molar-refractivity contribution is 9.11. The Hall–Kier alpha value is -2.64. The van der Waals surface area contributed by atoms with E-state index in [1.807, 2.05) is 42.6 Å². The molecule has 2 aromatic heterocycles. The van der Waals surface area contributed by atoms with Gasteiger partial charge in [0.25, 0.3) is 11.8 Å². The lowest BCUT2D eigenvalue weighted by Crippen LogP contribution is -2.22. The number of carbonyl (C=O) groups is 2. The normalized spacial score (nSPS) is 14.4. The molecule has 5 nitrogen and oxygen atoms in total. The summed E-state index contributed by atoms with van der Waals surface area (Å²) in [6.07, 6.45) is 3.74. The number of halogens is 2. The van der Waals surface area contributed by atoms with Crippen molar-refractivity contribution in [3.63, 3.8) is 0 Å². The van der Waals surface area contributed by atoms with E-state index in [4.69, 9.17) is 0 Å². The van der Waals surface area contributed by atoms with Gasteiger partial charge in [-0.05, 0) is 50.9 Å². The van der Waals surface area contributed by atoms with Gasteiger partial charge < -0.3 is 9.55 Å². The van der Waals surface area contributed by atoms with Crippen LogP contribution < -0.4 is 5.32 Å². The number of aromatic nitrogens is 2. The third-order valence-electron chi connectivity index (χ3n) is 5.32. The van der Waals surface area contributed by atoms with E-state index in [0.717, 1.165) is 42.9 Å². The van der Waals surface area contributed by atoms with Crippen molar-refractivity contribution < 1.29 is 9.59 Å². The first kappa shape index (κ1) is 18.4. The summed E-state index contributed by atoms with van der Waals surface area (Å²) in [5, 5.41) is 4.31. The van der Waals surface area contributed by atoms with E-state index in [1.165, 1.54) is 0 Å². The van der Waals surface area contributed by atoms with Crippen molar-refractivity contribution in [1.82, 2.24) is 14.9 Å². The topological polar surface area (TPSA) is 66.9 Å². The Morgan fingerprint density at radius 3 is 2.28 bits per heavy atom. The molecule has 1 aliphatic rings. The van der Waals surface area contributed by atoms with Gasteiger partial charge in [0.1, 0.15) is 0 Å². The molecule has 0 bridgehead atoms. The molecule has 0 fully saturated rings. The second-order valence-electron chi connectivity index (χ2n) is 6.86. The fourth-order valence-corrected chi connectivity index (χ4v) is 5.13. The van der Waals surface area contributed by atoms with E-state index >= 15 is 0 Å². The van der Waals surface area contributed by atoms with Crippen LogP contribution in [0.3, 0.4) is 0 Å². The van der Waals surface area contributed by atoms with Crippen molar-refractivity contribution in [1.29, 1.82) is 0 Å². The molecule has 0 spiro atoms. The maximum Gasteiger partial charge on any atom is 0.259 e. The lowest BCUT2D eigenvalue weighted by atomic mass is 9.95. The second kappa shape index (κ2) is 6.71. The summed E-state index contributed by atoms with van der Waals surface area (Å²) in [7, 11) is 0. The molecule has 0 saturated carbocycles. The molecule has 0 aliphatic carbocycles. The fourth-order valence-electron chi connectivity index (χ4n) is 4.06. The van der Waals surface area contributed by atoms with Crippen LogP contribution in [0.5, 0.6) is 0 Å². The zero-order valence-electron chi connectivity index (χ0n) is 15.3. The Morgan fingerprint density at radius 2 is 1.55 bits per heavy atom. The Balaban J connectivity index is 1.87. The molecule has 1 aliphatic heterocycles. The summed E-state index contributed by atoms with van der Waals surface area (Å²) in [6.45, 7) is 2.80. The van der Waals surface area contributed by atoms with Crippen molar-refractivity contribution in [3.8, 4) is 0 Å². The van der Waals surface area contributed by atoms with E-state index in [9.17, 15) is 9.59 Å². The van der Waals surface area contributed by atoms with E-state index in [1.54, 1.807) is 6.20 Å². The SMILES string of the molecule is CCn1cc(C2=C(c3c[nH]c4c(Br)cccc34)C(=O)NC2=O)c2cccc(Br)c21. The van der Waals surface area contributed by atoms with E-state index in [0.29, 0.717) is 16.7 Å². The number of amides is 2. The van der Waals surface area contributed by atoms with Crippen LogP contribution in [0.2, 0.25) is 0 Å². The van der Waals surface area contributed by atoms with Gasteiger partial charge in [-0.3, -0.25) is 14.9 Å². The quantitative estimate of drug-likeness (QED) is 0.369. The predicted molar refractivity (Wildman–Crippen MR) is 121 cm³/mol. The number of imide groups is 1. The van der Waals surface area contributed by atoms with E-state index in [2.05, 4.69) is 53.7 Å². The zero-order valence-corrected chi connectivity index (χ0v) is 18.5. The largest absolute Gasteiger partial charge is 0.360 e. The number of carbonyl (C=O) groups excluding carboxylic acids is 2. The van der Waals surface area contributed by atoms with Crippen LogP contribution >= 0.6 is 31.9 Å². The van der Waals surface area contributed by atoms with Crippen molar-refractivity contribution in [3.05, 3.63) is 68.9 Å². The number of hydrogen-bond donors (Lipinski definition) is 2. The fraction of sp³-hybridized carbons (Fsp3) is 0.0909. The minimum Gasteiger partial charge on any atom is -0.360 e. The summed E-state index contributed by atoms with van der Waals surface area (Å²) in [4.78, 5) is 29.0. The number of fused-ring (bicyclic) bond motifs is 2. The molecule has 0 unspecified atom stereocenters. The third kappa shape index (κ3) is 2.64. The van der Waals surface area contributed by atoms with Crippen LogP contribution in [0.25, 0.3) is 33.0 Å². The molecule has 4 aromatic rings. The van der Waals surface area contributed by atoms with Crippen molar-refractivity contribution in [2.75, 3.05) is 0 Å². The highest BCUT2D eigenvalue weighted by Crippen LogP contribution is 2.40. The number of aromatic amines is 1. The maximum atomic E-state index is 12.9. The van der Waals surface area contributed by atoms with Gasteiger partial charge in [0.2, 0.25) is 0 Å². The van der Waals surface area contributed by atoms with Gasteiger partial charge in [0, 0.05) is 49.8 Å². The Bertz CT molecular complexity index is 1380. The minimum absolute atomic E-state index is 0.371. The molecule has 0 saturated heterocycles. The standard InChI is InChI=1S/C22H15Br2N3O2/c1-2-27-10-14(12-6-4-8-16(24)20(12)27)18-17(21(28)26-22(18)29)13-9-25-19-11(13)5-3-7-15(19)23/h3-10,25H,2H2,1H3,(H,26,28,29). The Labute approximate surface area is 183 Å². The maximum absolute atomic E-state index is 12.9. The first-order valence-corrected chi connectivity index (χ1v) is 10.7. The summed E-state index contributed by atoms with van der Waals surface area (Å²) in [6, 6.07) is 11.7. The third-order valence-corrected chi connectivity index (χ3v) is 6.63. The first-order valence-electron chi connectivity index (χ1n) is 9.15. The zero-order chi connectivity index (χ0) is 20.3. The molecule has 0 radical (unpaired) electrons. The minimum atomic E-state index is -0.377. The molecule has 0 atom stereocenters. The summed E-state index contributed by atoms with van der Waals surface area (Å²) < 4.78 is 3.94. The summed E-state index contributed by atoms with van der Waals surface area (Å²) in [5.74, 6) is -0.747. The average molecular weight is 513 g/mol. The highest BCUT2D eigenvalue weighted by Gasteiger charge is 2.35. The summed E-state index contributed by atoms with van der Waals surface area (Å²) in [5.41, 5.74) is 4.17. The molecule has 2 amide bonds. The predicted octanol–water partition coefficient (Wildman–Crippen LogP) is 5.23. The summed E-state index contributed by atoms with van der Waals surface area (Å²) >= 11 is 7.15. The molecule has 29 heavy (non-hydrogen) atoms. The van der Waals surface area contributed by atoms with Gasteiger partial charge in [-0.25, -0.2) is 0 Å². The number of nitrogens with zero attached hydrogens (tertiary/aromatic N) is 1. The van der Waals surface area contributed by atoms with Gasteiger partial charge in [-0.2, -0.15) is 0 Å². The lowest BCUT2D eigenvalue weighted by Gasteiger charge is -2.03. The molecular weight excluding hydrogens is 498 g/mol. The van der Waals surface area contributed by atoms with E-state index in [-0.39, 0.29) is 11.8 Å². The number of benzene rings is 2. The first-order chi connectivity index (χ1) is 14.0. The van der Waals surface area contributed by atoms with Crippen LogP contribution in [-0.4, -0.2) is 21.4 Å². The van der Waals surface area contributed by atoms with Gasteiger partial charge in [-0.15, -0.1) is 0 Å². The number of H-pyrrole nitrogens is 1. The van der Waals surface area contributed by atoms with Crippen molar-refractivity contribution in [2.45, 2.75) is 13.5 Å². The van der Waals surface area contributed by atoms with Gasteiger partial charge >= 0.3 is 0 Å². The Kier molecular flexibility index (Phi) is 4.26. The van der Waals surface area contributed by atoms with Gasteiger partial charge in [0.15, 0.2) is 0 Å². The highest BCUT2D eigenvalue weighted by atomic mass is 79.9. The number of nitrogens with one attached hydrogen (secondary N) is 2. The van der Waals surface area contributed by atoms with Gasteiger partial charge in [-0.1, -0.05) is 24.3 Å². The van der Waals surface area contributed by atoms with Crippen LogP contribution in [0.1, 0.15) is 18.1 Å². The van der Waals surface area contributed by atoms with Gasteiger partial charge in [0.05, 0.1) is 22.2 Å². The molecule has 5 rings (SSSR count). The smallest absolute Gasteiger partial charge is 0.259 e. The number of hydrogen-bond acceptors (Lipinski definition) is 2. The van der Waals surface area contributed by atoms with Crippen LogP contribution in [-0.2, 0) is 16.1 Å². The monoisotopic (exact) mass is 511 g/mol. The number of rotatable bonds is 3. The molecular formula is C22H15Br2N3O2. The van der Waals surface area contributed by atoms with Crippen LogP contribution in [0.4, 0.5) is 0 Å². The lowest BCUT2D eigenvalue weighted by molar-refractivity contribution is -0.122.